The zero-order valence-corrected chi connectivity index (χ0v) is 10.7. The van der Waals surface area contributed by atoms with E-state index >= 15 is 0 Å². The smallest absolute Gasteiger partial charge is 0.0441 e. The minimum absolute atomic E-state index is 0.0370. The first-order valence-corrected chi connectivity index (χ1v) is 6.02. The van der Waals surface area contributed by atoms with Crippen LogP contribution in [0.15, 0.2) is 23.8 Å². The van der Waals surface area contributed by atoms with Crippen LogP contribution in [0.2, 0.25) is 0 Å². The van der Waals surface area contributed by atoms with Gasteiger partial charge in [-0.05, 0) is 12.8 Å². The first-order valence-electron chi connectivity index (χ1n) is 4.23. The molecule has 1 rings (SSSR count). The van der Waals surface area contributed by atoms with Crippen LogP contribution in [0.1, 0.15) is 19.8 Å². The summed E-state index contributed by atoms with van der Waals surface area (Å²) in [5.74, 6) is 0. The van der Waals surface area contributed by atoms with Crippen molar-refractivity contribution in [1.29, 1.82) is 0 Å². The van der Waals surface area contributed by atoms with E-state index in [4.69, 9.17) is 23.2 Å². The van der Waals surface area contributed by atoms with Crippen molar-refractivity contribution < 1.29 is 0 Å². The fourth-order valence-electron chi connectivity index (χ4n) is 1.64. The van der Waals surface area contributed by atoms with Crippen molar-refractivity contribution in [2.45, 2.75) is 30.0 Å². The summed E-state index contributed by atoms with van der Waals surface area (Å²) in [6.45, 7) is 6.14. The van der Waals surface area contributed by atoms with Gasteiger partial charge >= 0.3 is 0 Å². The summed E-state index contributed by atoms with van der Waals surface area (Å²) in [6.07, 6.45) is 3.79. The second-order valence-corrected chi connectivity index (χ2v) is 5.69. The Hall–Kier alpha value is 0.540. The average molecular weight is 284 g/mol. The van der Waals surface area contributed by atoms with E-state index in [1.165, 1.54) is 5.57 Å². The first kappa shape index (κ1) is 11.6. The minimum Gasteiger partial charge on any atom is -0.122 e. The zero-order chi connectivity index (χ0) is 10.1. The lowest BCUT2D eigenvalue weighted by atomic mass is 9.73. The summed E-state index contributed by atoms with van der Waals surface area (Å²) in [5.41, 5.74) is 2.72. The molecule has 3 heteroatoms. The molecule has 1 fully saturated rings. The van der Waals surface area contributed by atoms with Gasteiger partial charge in [-0.15, -0.1) is 11.6 Å². The molecule has 0 unspecified atom stereocenters. The van der Waals surface area contributed by atoms with Crippen molar-refractivity contribution in [3.63, 3.8) is 0 Å². The van der Waals surface area contributed by atoms with E-state index in [9.17, 15) is 0 Å². The van der Waals surface area contributed by atoms with E-state index in [0.717, 1.165) is 12.8 Å². The van der Waals surface area contributed by atoms with Gasteiger partial charge < -0.3 is 0 Å². The Morgan fingerprint density at radius 2 is 2.31 bits per heavy atom. The molecule has 1 aliphatic rings. The van der Waals surface area contributed by atoms with E-state index in [0.29, 0.717) is 4.83 Å². The van der Waals surface area contributed by atoms with Crippen molar-refractivity contribution in [2.24, 2.45) is 5.41 Å². The van der Waals surface area contributed by atoms with Gasteiger partial charge in [0, 0.05) is 21.2 Å². The lowest BCUT2D eigenvalue weighted by Crippen LogP contribution is -2.35. The average Bonchev–Trinajstić information content (AvgIpc) is 2.02. The Bertz CT molecular complexity index is 237. The van der Waals surface area contributed by atoms with Gasteiger partial charge in [-0.25, -0.2) is 0 Å². The van der Waals surface area contributed by atoms with Crippen LogP contribution in [-0.4, -0.2) is 10.2 Å². The molecule has 0 nitrogen and oxygen atoms in total. The molecule has 0 saturated heterocycles. The molecule has 0 heterocycles. The van der Waals surface area contributed by atoms with Crippen LogP contribution >= 0.6 is 39.1 Å². The highest BCUT2D eigenvalue weighted by Gasteiger charge is 2.38. The number of hydrogen-bond donors (Lipinski definition) is 0. The quantitative estimate of drug-likeness (QED) is 0.492. The Kier molecular flexibility index (Phi) is 3.91. The Morgan fingerprint density at radius 3 is 2.85 bits per heavy atom. The highest BCUT2D eigenvalue weighted by molar-refractivity contribution is 9.09. The minimum atomic E-state index is -0.0370. The lowest BCUT2D eigenvalue weighted by molar-refractivity contribution is 0.352. The summed E-state index contributed by atoms with van der Waals surface area (Å²) >= 11 is 15.4. The van der Waals surface area contributed by atoms with Crippen molar-refractivity contribution in [2.75, 3.05) is 0 Å². The summed E-state index contributed by atoms with van der Waals surface area (Å²) in [5, 5.41) is 0.123. The SMILES string of the molecule is C=C1C[C@](C)(/C=C/Cl)[C@H](Cl)C[C@@H]1Br. The van der Waals surface area contributed by atoms with E-state index in [-0.39, 0.29) is 10.8 Å². The number of halogens is 3. The van der Waals surface area contributed by atoms with E-state index < -0.39 is 0 Å². The van der Waals surface area contributed by atoms with Crippen LogP contribution in [0.25, 0.3) is 0 Å². The number of rotatable bonds is 1. The molecule has 0 N–H and O–H groups in total. The van der Waals surface area contributed by atoms with Gasteiger partial charge in [0.25, 0.3) is 0 Å². The molecule has 0 aromatic heterocycles. The van der Waals surface area contributed by atoms with Gasteiger partial charge in [0.2, 0.25) is 0 Å². The van der Waals surface area contributed by atoms with Gasteiger partial charge in [-0.1, -0.05) is 52.7 Å². The van der Waals surface area contributed by atoms with Crippen molar-refractivity contribution >= 4 is 39.1 Å². The van der Waals surface area contributed by atoms with Gasteiger partial charge in [-0.2, -0.15) is 0 Å². The van der Waals surface area contributed by atoms with Gasteiger partial charge in [-0.3, -0.25) is 0 Å². The van der Waals surface area contributed by atoms with E-state index in [1.807, 2.05) is 6.08 Å². The normalized spacial score (nSPS) is 41.4. The van der Waals surface area contributed by atoms with E-state index in [2.05, 4.69) is 29.4 Å². The van der Waals surface area contributed by atoms with Crippen LogP contribution in [-0.2, 0) is 0 Å². The van der Waals surface area contributed by atoms with Crippen molar-refractivity contribution in [3.05, 3.63) is 23.8 Å². The third kappa shape index (κ3) is 2.51. The molecule has 0 aliphatic heterocycles. The topological polar surface area (TPSA) is 0 Å². The molecule has 0 aromatic carbocycles. The van der Waals surface area contributed by atoms with Crippen LogP contribution in [0.3, 0.4) is 0 Å². The molecule has 1 saturated carbocycles. The summed E-state index contributed by atoms with van der Waals surface area (Å²) in [6, 6.07) is 0. The molecule has 74 valence electrons. The number of alkyl halides is 2. The second kappa shape index (κ2) is 4.37. The predicted molar refractivity (Wildman–Crippen MR) is 63.8 cm³/mol. The molecule has 0 bridgehead atoms. The maximum Gasteiger partial charge on any atom is 0.0441 e. The molecule has 13 heavy (non-hydrogen) atoms. The third-order valence-electron chi connectivity index (χ3n) is 2.62. The maximum absolute atomic E-state index is 6.28. The van der Waals surface area contributed by atoms with Crippen molar-refractivity contribution in [1.82, 2.24) is 0 Å². The van der Waals surface area contributed by atoms with Gasteiger partial charge in [0.1, 0.15) is 0 Å². The summed E-state index contributed by atoms with van der Waals surface area (Å²) in [4.78, 5) is 0.354. The number of allylic oxidation sites excluding steroid dienone is 2. The highest BCUT2D eigenvalue weighted by atomic mass is 79.9. The predicted octanol–water partition coefficient (Wildman–Crippen LogP) is 4.47. The Labute approximate surface area is 98.1 Å². The lowest BCUT2D eigenvalue weighted by Gasteiger charge is -2.39. The van der Waals surface area contributed by atoms with Crippen LogP contribution in [0.4, 0.5) is 0 Å². The standard InChI is InChI=1S/C10H13BrCl2/c1-7-6-10(2,3-4-12)9(13)5-8(7)11/h3-4,8-9H,1,5-6H2,2H3/b4-3+/t8-,9+,10-/m0/s1. The molecule has 0 radical (unpaired) electrons. The monoisotopic (exact) mass is 282 g/mol. The van der Waals surface area contributed by atoms with E-state index in [1.54, 1.807) is 5.54 Å². The van der Waals surface area contributed by atoms with Crippen LogP contribution < -0.4 is 0 Å². The van der Waals surface area contributed by atoms with Crippen LogP contribution in [0.5, 0.6) is 0 Å². The second-order valence-electron chi connectivity index (χ2n) is 3.80. The third-order valence-corrected chi connectivity index (χ3v) is 4.45. The fourth-order valence-corrected chi connectivity index (χ4v) is 3.00. The Balaban J connectivity index is 2.82. The Morgan fingerprint density at radius 1 is 1.69 bits per heavy atom. The molecule has 0 aromatic rings. The largest absolute Gasteiger partial charge is 0.122 e. The van der Waals surface area contributed by atoms with Crippen molar-refractivity contribution in [3.8, 4) is 0 Å². The molecular weight excluding hydrogens is 271 g/mol. The number of hydrogen-bond acceptors (Lipinski definition) is 0. The first-order chi connectivity index (χ1) is 5.99. The summed E-state index contributed by atoms with van der Waals surface area (Å²) < 4.78 is 0. The highest BCUT2D eigenvalue weighted by Crippen LogP contribution is 2.45. The molecule has 0 amide bonds. The van der Waals surface area contributed by atoms with Crippen LogP contribution in [0, 0.1) is 5.41 Å². The molecule has 1 aliphatic carbocycles. The van der Waals surface area contributed by atoms with Gasteiger partial charge in [0.05, 0.1) is 0 Å². The molecule has 3 atom stereocenters. The molecular formula is C10H13BrCl2. The zero-order valence-electron chi connectivity index (χ0n) is 7.56. The summed E-state index contributed by atoms with van der Waals surface area (Å²) in [7, 11) is 0. The fraction of sp³-hybridized carbons (Fsp3) is 0.600. The van der Waals surface area contributed by atoms with Gasteiger partial charge in [0.15, 0.2) is 0 Å². The maximum atomic E-state index is 6.28. The molecule has 0 spiro atoms.